The summed E-state index contributed by atoms with van der Waals surface area (Å²) in [4.78, 5) is 22.8. The molecule has 2 aromatic heterocycles. The zero-order valence-corrected chi connectivity index (χ0v) is 14.8. The van der Waals surface area contributed by atoms with Crippen LogP contribution in [0.4, 0.5) is 5.82 Å². The van der Waals surface area contributed by atoms with Gasteiger partial charge in [0.1, 0.15) is 21.9 Å². The Morgan fingerprint density at radius 2 is 2.00 bits per heavy atom. The van der Waals surface area contributed by atoms with Crippen molar-refractivity contribution in [3.8, 4) is 0 Å². The molecule has 1 unspecified atom stereocenters. The van der Waals surface area contributed by atoms with Gasteiger partial charge in [-0.25, -0.2) is 14.8 Å². The fraction of sp³-hybridized carbons (Fsp3) is 0.278. The van der Waals surface area contributed by atoms with Crippen molar-refractivity contribution >= 4 is 33.3 Å². The van der Waals surface area contributed by atoms with Crippen LogP contribution in [0.2, 0.25) is 0 Å². The van der Waals surface area contributed by atoms with E-state index in [1.165, 1.54) is 6.33 Å². The minimum Gasteiger partial charge on any atom is -0.477 e. The molecule has 2 N–H and O–H groups in total. The second kappa shape index (κ2) is 7.16. The lowest BCUT2D eigenvalue weighted by atomic mass is 10.1. The number of aromatic carboxylic acids is 1. The molecule has 25 heavy (non-hydrogen) atoms. The number of fused-ring (bicyclic) bond motifs is 1. The molecular formula is C18H19N3O3S. The van der Waals surface area contributed by atoms with Gasteiger partial charge in [0.15, 0.2) is 0 Å². The summed E-state index contributed by atoms with van der Waals surface area (Å²) in [6.45, 7) is 2.36. The van der Waals surface area contributed by atoms with Gasteiger partial charge in [-0.3, -0.25) is 0 Å². The number of carboxylic acid groups (broad SMARTS) is 1. The van der Waals surface area contributed by atoms with Gasteiger partial charge in [-0.2, -0.15) is 0 Å². The van der Waals surface area contributed by atoms with E-state index in [1.54, 1.807) is 6.92 Å². The first kappa shape index (κ1) is 17.3. The summed E-state index contributed by atoms with van der Waals surface area (Å²) in [7, 11) is 1.89. The van der Waals surface area contributed by atoms with Gasteiger partial charge in [-0.1, -0.05) is 30.3 Å². The van der Waals surface area contributed by atoms with E-state index in [0.29, 0.717) is 29.2 Å². The van der Waals surface area contributed by atoms with Crippen LogP contribution < -0.4 is 4.90 Å². The number of rotatable bonds is 6. The van der Waals surface area contributed by atoms with Crippen LogP contribution in [0.3, 0.4) is 0 Å². The molecule has 1 aromatic carbocycles. The van der Waals surface area contributed by atoms with Gasteiger partial charge in [0.25, 0.3) is 0 Å². The van der Waals surface area contributed by atoms with Crippen LogP contribution in [-0.2, 0) is 0 Å². The fourth-order valence-electron chi connectivity index (χ4n) is 2.81. The van der Waals surface area contributed by atoms with E-state index in [0.717, 1.165) is 22.3 Å². The maximum atomic E-state index is 11.4. The minimum absolute atomic E-state index is 0.287. The monoisotopic (exact) mass is 357 g/mol. The number of aryl methyl sites for hydroxylation is 1. The molecule has 7 heteroatoms. The fourth-order valence-corrected chi connectivity index (χ4v) is 3.79. The van der Waals surface area contributed by atoms with E-state index in [1.807, 2.05) is 42.3 Å². The molecular weight excluding hydrogens is 338 g/mol. The SMILES string of the molecule is Cc1c(C(=O)O)sc2ncnc(N(C)CCC(O)c3ccccc3)c12. The van der Waals surface area contributed by atoms with Gasteiger partial charge >= 0.3 is 5.97 Å². The Morgan fingerprint density at radius 1 is 1.28 bits per heavy atom. The van der Waals surface area contributed by atoms with Crippen molar-refractivity contribution in [3.05, 3.63) is 52.7 Å². The van der Waals surface area contributed by atoms with Crippen molar-refractivity contribution in [3.63, 3.8) is 0 Å². The lowest BCUT2D eigenvalue weighted by molar-refractivity contribution is 0.0701. The van der Waals surface area contributed by atoms with Crippen LogP contribution >= 0.6 is 11.3 Å². The van der Waals surface area contributed by atoms with Crippen LogP contribution in [0.25, 0.3) is 10.2 Å². The zero-order valence-electron chi connectivity index (χ0n) is 14.0. The summed E-state index contributed by atoms with van der Waals surface area (Å²) in [5.41, 5.74) is 1.56. The molecule has 0 saturated heterocycles. The predicted molar refractivity (Wildman–Crippen MR) is 98.4 cm³/mol. The highest BCUT2D eigenvalue weighted by Gasteiger charge is 2.20. The molecule has 3 aromatic rings. The van der Waals surface area contributed by atoms with Gasteiger partial charge in [0.2, 0.25) is 0 Å². The van der Waals surface area contributed by atoms with E-state index in [9.17, 15) is 15.0 Å². The van der Waals surface area contributed by atoms with Gasteiger partial charge < -0.3 is 15.1 Å². The lowest BCUT2D eigenvalue weighted by Crippen LogP contribution is -2.22. The highest BCUT2D eigenvalue weighted by atomic mass is 32.1. The number of aliphatic hydroxyl groups is 1. The second-order valence-electron chi connectivity index (χ2n) is 5.88. The summed E-state index contributed by atoms with van der Waals surface area (Å²) in [6, 6.07) is 9.52. The van der Waals surface area contributed by atoms with E-state index in [4.69, 9.17) is 0 Å². The Hall–Kier alpha value is -2.51. The Labute approximate surface area is 149 Å². The third-order valence-electron chi connectivity index (χ3n) is 4.18. The molecule has 2 heterocycles. The van der Waals surface area contributed by atoms with Crippen molar-refractivity contribution < 1.29 is 15.0 Å². The first-order valence-electron chi connectivity index (χ1n) is 7.90. The lowest BCUT2D eigenvalue weighted by Gasteiger charge is -2.21. The van der Waals surface area contributed by atoms with E-state index in [-0.39, 0.29) is 4.88 Å². The van der Waals surface area contributed by atoms with E-state index >= 15 is 0 Å². The zero-order chi connectivity index (χ0) is 18.0. The summed E-state index contributed by atoms with van der Waals surface area (Å²) >= 11 is 1.16. The molecule has 130 valence electrons. The number of benzene rings is 1. The van der Waals surface area contributed by atoms with Crippen LogP contribution in [0, 0.1) is 6.92 Å². The van der Waals surface area contributed by atoms with Crippen molar-refractivity contribution in [2.45, 2.75) is 19.4 Å². The highest BCUT2D eigenvalue weighted by Crippen LogP contribution is 2.34. The van der Waals surface area contributed by atoms with E-state index < -0.39 is 12.1 Å². The number of anilines is 1. The standard InChI is InChI=1S/C18H19N3O3S/c1-11-14-16(19-10-20-17(14)25-15(11)18(23)24)21(2)9-8-13(22)12-6-4-3-5-7-12/h3-7,10,13,22H,8-9H2,1-2H3,(H,23,24). The maximum absolute atomic E-state index is 11.4. The molecule has 0 amide bonds. The molecule has 1 atom stereocenters. The van der Waals surface area contributed by atoms with Gasteiger partial charge in [0.05, 0.1) is 11.5 Å². The van der Waals surface area contributed by atoms with Gasteiger partial charge in [-0.05, 0) is 24.5 Å². The smallest absolute Gasteiger partial charge is 0.346 e. The summed E-state index contributed by atoms with van der Waals surface area (Å²) in [6.07, 6.45) is 1.43. The van der Waals surface area contributed by atoms with Gasteiger partial charge in [0, 0.05) is 13.6 Å². The largest absolute Gasteiger partial charge is 0.477 e. The average Bonchev–Trinajstić information content (AvgIpc) is 2.97. The number of thiophene rings is 1. The molecule has 0 fully saturated rings. The predicted octanol–water partition coefficient (Wildman–Crippen LogP) is 3.26. The maximum Gasteiger partial charge on any atom is 0.346 e. The third-order valence-corrected chi connectivity index (χ3v) is 5.37. The first-order chi connectivity index (χ1) is 12.0. The average molecular weight is 357 g/mol. The Morgan fingerprint density at radius 3 is 2.68 bits per heavy atom. The minimum atomic E-state index is -0.950. The molecule has 0 aliphatic carbocycles. The quantitative estimate of drug-likeness (QED) is 0.704. The molecule has 0 spiro atoms. The van der Waals surface area contributed by atoms with Crippen molar-refractivity contribution in [1.82, 2.24) is 9.97 Å². The summed E-state index contributed by atoms with van der Waals surface area (Å²) < 4.78 is 0. The molecule has 3 rings (SSSR count). The third kappa shape index (κ3) is 3.47. The summed E-state index contributed by atoms with van der Waals surface area (Å²) in [5, 5.41) is 20.4. The summed E-state index contributed by atoms with van der Waals surface area (Å²) in [5.74, 6) is -0.264. The Bertz CT molecular complexity index is 895. The number of hydrogen-bond donors (Lipinski definition) is 2. The number of carboxylic acids is 1. The number of aromatic nitrogens is 2. The van der Waals surface area contributed by atoms with Crippen LogP contribution in [0.1, 0.15) is 33.3 Å². The van der Waals surface area contributed by atoms with Crippen molar-refractivity contribution in [2.75, 3.05) is 18.5 Å². The first-order valence-corrected chi connectivity index (χ1v) is 8.72. The van der Waals surface area contributed by atoms with Gasteiger partial charge in [-0.15, -0.1) is 11.3 Å². The molecule has 0 bridgehead atoms. The number of carbonyl (C=O) groups is 1. The van der Waals surface area contributed by atoms with Crippen LogP contribution in [-0.4, -0.2) is 39.7 Å². The molecule has 6 nitrogen and oxygen atoms in total. The normalized spacial score (nSPS) is 12.3. The Kier molecular flexibility index (Phi) is 4.96. The van der Waals surface area contributed by atoms with Crippen molar-refractivity contribution in [2.24, 2.45) is 0 Å². The number of hydrogen-bond acceptors (Lipinski definition) is 6. The molecule has 0 saturated carbocycles. The molecule has 0 radical (unpaired) electrons. The van der Waals surface area contributed by atoms with Crippen molar-refractivity contribution in [1.29, 1.82) is 0 Å². The highest BCUT2D eigenvalue weighted by molar-refractivity contribution is 7.20. The molecule has 0 aliphatic rings. The van der Waals surface area contributed by atoms with Crippen LogP contribution in [0.15, 0.2) is 36.7 Å². The van der Waals surface area contributed by atoms with Crippen LogP contribution in [0.5, 0.6) is 0 Å². The number of aliphatic hydroxyl groups excluding tert-OH is 1. The number of nitrogens with zero attached hydrogens (tertiary/aromatic N) is 3. The topological polar surface area (TPSA) is 86.5 Å². The Balaban J connectivity index is 1.82. The molecule has 0 aliphatic heterocycles. The van der Waals surface area contributed by atoms with E-state index in [2.05, 4.69) is 9.97 Å². The second-order valence-corrected chi connectivity index (χ2v) is 6.87.